The van der Waals surface area contributed by atoms with E-state index in [-0.39, 0.29) is 5.92 Å². The van der Waals surface area contributed by atoms with Gasteiger partial charge in [-0.2, -0.15) is 0 Å². The highest BCUT2D eigenvalue weighted by atomic mass is 14.4. The van der Waals surface area contributed by atoms with E-state index in [1.807, 2.05) is 0 Å². The Balaban J connectivity index is 1.82. The van der Waals surface area contributed by atoms with Crippen LogP contribution in [0.3, 0.4) is 0 Å². The Labute approximate surface area is 195 Å². The Hall–Kier alpha value is -3.90. The van der Waals surface area contributed by atoms with E-state index in [1.54, 1.807) is 0 Å². The van der Waals surface area contributed by atoms with Crippen LogP contribution in [0.25, 0.3) is 21.9 Å². The molecule has 0 heterocycles. The van der Waals surface area contributed by atoms with E-state index in [4.69, 9.17) is 0 Å². The molecule has 0 N–H and O–H groups in total. The predicted molar refractivity (Wildman–Crippen MR) is 141 cm³/mol. The molecule has 33 heavy (non-hydrogen) atoms. The van der Waals surface area contributed by atoms with E-state index < -0.39 is 0 Å². The average molecular weight is 423 g/mol. The van der Waals surface area contributed by atoms with Crippen LogP contribution in [0.15, 0.2) is 115 Å². The van der Waals surface area contributed by atoms with Crippen LogP contribution in [0.5, 0.6) is 0 Å². The summed E-state index contributed by atoms with van der Waals surface area (Å²) in [6.45, 7) is 4.58. The van der Waals surface area contributed by atoms with E-state index in [0.29, 0.717) is 0 Å². The lowest BCUT2D eigenvalue weighted by Crippen LogP contribution is -2.03. The first kappa shape index (κ1) is 19.8. The molecule has 5 aromatic rings. The number of allylic oxidation sites excluding steroid dienone is 1. The molecule has 0 fully saturated rings. The molecule has 0 spiro atoms. The molecule has 6 rings (SSSR count). The minimum atomic E-state index is 0.183. The van der Waals surface area contributed by atoms with E-state index in [9.17, 15) is 0 Å². The molecule has 1 unspecified atom stereocenters. The molecule has 158 valence electrons. The zero-order valence-electron chi connectivity index (χ0n) is 19.0. The van der Waals surface area contributed by atoms with Crippen molar-refractivity contribution in [3.63, 3.8) is 0 Å². The summed E-state index contributed by atoms with van der Waals surface area (Å²) in [5.74, 6) is 0.183. The smallest absolute Gasteiger partial charge is 0.0364 e. The van der Waals surface area contributed by atoms with Gasteiger partial charge in [-0.1, -0.05) is 115 Å². The molecule has 1 aliphatic rings. The molecular weight excluding hydrogens is 396 g/mol. The molecule has 0 nitrogen and oxygen atoms in total. The van der Waals surface area contributed by atoms with Gasteiger partial charge in [-0.25, -0.2) is 0 Å². The summed E-state index contributed by atoms with van der Waals surface area (Å²) in [6, 6.07) is 41.9. The topological polar surface area (TPSA) is 0 Å². The highest BCUT2D eigenvalue weighted by Gasteiger charge is 2.36. The summed E-state index contributed by atoms with van der Waals surface area (Å²) in [5, 5.41) is 2.72. The Morgan fingerprint density at radius 3 is 1.64 bits per heavy atom. The first-order chi connectivity index (χ1) is 16.3. The second-order valence-electron chi connectivity index (χ2n) is 8.95. The lowest BCUT2D eigenvalue weighted by molar-refractivity contribution is 1.07. The first-order valence-corrected chi connectivity index (χ1v) is 11.7. The fourth-order valence-electron chi connectivity index (χ4n) is 5.63. The SMILES string of the molecule is Cc1c2c(c3ccccc3c1C)C(c1ccccc1)C(c1ccccc1)=C2c1ccccc1. The molecule has 1 atom stereocenters. The Bertz CT molecular complexity index is 1490. The van der Waals surface area contributed by atoms with Crippen LogP contribution < -0.4 is 0 Å². The lowest BCUT2D eigenvalue weighted by Gasteiger charge is -2.21. The summed E-state index contributed by atoms with van der Waals surface area (Å²) in [7, 11) is 0. The van der Waals surface area contributed by atoms with Gasteiger partial charge in [0.1, 0.15) is 0 Å². The van der Waals surface area contributed by atoms with Crippen molar-refractivity contribution in [2.45, 2.75) is 19.8 Å². The van der Waals surface area contributed by atoms with Gasteiger partial charge in [0.05, 0.1) is 0 Å². The number of hydrogen-bond acceptors (Lipinski definition) is 0. The van der Waals surface area contributed by atoms with Gasteiger partial charge in [-0.15, -0.1) is 0 Å². The molecular formula is C33H26. The van der Waals surface area contributed by atoms with Crippen LogP contribution in [0, 0.1) is 13.8 Å². The highest BCUT2D eigenvalue weighted by Crippen LogP contribution is 2.55. The van der Waals surface area contributed by atoms with Gasteiger partial charge in [-0.05, 0) is 74.7 Å². The summed E-state index contributed by atoms with van der Waals surface area (Å²) >= 11 is 0. The molecule has 0 heteroatoms. The Morgan fingerprint density at radius 1 is 0.485 bits per heavy atom. The maximum atomic E-state index is 2.31. The van der Waals surface area contributed by atoms with Crippen LogP contribution in [0.2, 0.25) is 0 Å². The number of hydrogen-bond donors (Lipinski definition) is 0. The zero-order valence-corrected chi connectivity index (χ0v) is 19.0. The molecule has 1 aliphatic carbocycles. The molecule has 0 bridgehead atoms. The maximum Gasteiger partial charge on any atom is 0.0364 e. The third-order valence-electron chi connectivity index (χ3n) is 7.20. The number of aryl methyl sites for hydroxylation is 1. The summed E-state index contributed by atoms with van der Waals surface area (Å²) in [4.78, 5) is 0. The van der Waals surface area contributed by atoms with Crippen LogP contribution >= 0.6 is 0 Å². The number of benzene rings is 5. The minimum Gasteiger partial charge on any atom is -0.0622 e. The van der Waals surface area contributed by atoms with Gasteiger partial charge in [0.15, 0.2) is 0 Å². The molecule has 0 aliphatic heterocycles. The molecule has 0 saturated carbocycles. The van der Waals surface area contributed by atoms with Crippen LogP contribution in [-0.2, 0) is 0 Å². The second-order valence-corrected chi connectivity index (χ2v) is 8.95. The maximum absolute atomic E-state index is 2.31. The van der Waals surface area contributed by atoms with Crippen molar-refractivity contribution in [3.8, 4) is 0 Å². The minimum absolute atomic E-state index is 0.183. The van der Waals surface area contributed by atoms with Crippen LogP contribution in [0.4, 0.5) is 0 Å². The largest absolute Gasteiger partial charge is 0.0622 e. The number of rotatable bonds is 3. The van der Waals surface area contributed by atoms with Crippen molar-refractivity contribution in [1.82, 2.24) is 0 Å². The van der Waals surface area contributed by atoms with Crippen molar-refractivity contribution < 1.29 is 0 Å². The average Bonchev–Trinajstić information content (AvgIpc) is 3.25. The van der Waals surface area contributed by atoms with Crippen molar-refractivity contribution >= 4 is 21.9 Å². The monoisotopic (exact) mass is 422 g/mol. The fourth-order valence-corrected chi connectivity index (χ4v) is 5.63. The third kappa shape index (κ3) is 3.06. The number of fused-ring (bicyclic) bond motifs is 3. The van der Waals surface area contributed by atoms with E-state index in [1.165, 1.54) is 60.9 Å². The summed E-state index contributed by atoms with van der Waals surface area (Å²) in [5.41, 5.74) is 12.3. The molecule has 0 saturated heterocycles. The quantitative estimate of drug-likeness (QED) is 0.273. The van der Waals surface area contributed by atoms with Gasteiger partial charge < -0.3 is 0 Å². The van der Waals surface area contributed by atoms with Gasteiger partial charge in [0.25, 0.3) is 0 Å². The van der Waals surface area contributed by atoms with Crippen molar-refractivity contribution in [2.75, 3.05) is 0 Å². The van der Waals surface area contributed by atoms with E-state index >= 15 is 0 Å². The van der Waals surface area contributed by atoms with Crippen molar-refractivity contribution in [3.05, 3.63) is 154 Å². The predicted octanol–water partition coefficient (Wildman–Crippen LogP) is 8.56. The fraction of sp³-hybridized carbons (Fsp3) is 0.0909. The Morgan fingerprint density at radius 2 is 1.00 bits per heavy atom. The molecule has 5 aromatic carbocycles. The highest BCUT2D eigenvalue weighted by molar-refractivity contribution is 6.12. The first-order valence-electron chi connectivity index (χ1n) is 11.7. The molecule has 0 aromatic heterocycles. The third-order valence-corrected chi connectivity index (χ3v) is 7.20. The summed E-state index contributed by atoms with van der Waals surface area (Å²) < 4.78 is 0. The molecule has 0 amide bonds. The second kappa shape index (κ2) is 7.90. The Kier molecular flexibility index (Phi) is 4.73. The van der Waals surface area contributed by atoms with Crippen molar-refractivity contribution in [1.29, 1.82) is 0 Å². The van der Waals surface area contributed by atoms with E-state index in [0.717, 1.165) is 0 Å². The van der Waals surface area contributed by atoms with Crippen molar-refractivity contribution in [2.24, 2.45) is 0 Å². The standard InChI is InChI=1S/C33H26/c1-22-23(2)29-30(24-14-6-3-7-15-24)31(25-16-8-4-9-17-25)32(26-18-10-5-11-19-26)33(29)28-21-13-12-20-27(22)28/h3-21,32H,1-2H3. The van der Waals surface area contributed by atoms with Gasteiger partial charge in [0.2, 0.25) is 0 Å². The van der Waals surface area contributed by atoms with Crippen LogP contribution in [-0.4, -0.2) is 0 Å². The van der Waals surface area contributed by atoms with Gasteiger partial charge in [0, 0.05) is 5.92 Å². The normalized spacial score (nSPS) is 15.2. The van der Waals surface area contributed by atoms with Crippen LogP contribution in [0.1, 0.15) is 44.9 Å². The summed E-state index contributed by atoms with van der Waals surface area (Å²) in [6.07, 6.45) is 0. The van der Waals surface area contributed by atoms with E-state index in [2.05, 4.69) is 129 Å². The molecule has 0 radical (unpaired) electrons. The zero-order chi connectivity index (χ0) is 22.4. The van der Waals surface area contributed by atoms with Gasteiger partial charge >= 0.3 is 0 Å². The van der Waals surface area contributed by atoms with Gasteiger partial charge in [-0.3, -0.25) is 0 Å². The lowest BCUT2D eigenvalue weighted by atomic mass is 9.82.